The largest absolute Gasteiger partial charge is 0.494 e. The second-order valence-corrected chi connectivity index (χ2v) is 11.6. The SMILES string of the molecule is COCC(C)NC(=O)[C@H](Cc1ccc(OCCCF)cc1)NC(=O)C1CCCCN1S(=O)(=O)c1cccc(F)c1. The van der Waals surface area contributed by atoms with E-state index in [9.17, 15) is 26.8 Å². The maximum Gasteiger partial charge on any atom is 0.243 e. The number of carbonyl (C=O) groups excluding carboxylic acids is 2. The molecule has 1 aliphatic rings. The molecule has 1 heterocycles. The van der Waals surface area contributed by atoms with Gasteiger partial charge in [-0.3, -0.25) is 14.0 Å². The molecule has 2 amide bonds. The number of hydrogen-bond donors (Lipinski definition) is 2. The molecule has 3 atom stereocenters. The number of hydrogen-bond acceptors (Lipinski definition) is 6. The van der Waals surface area contributed by atoms with Crippen molar-refractivity contribution in [1.29, 1.82) is 0 Å². The highest BCUT2D eigenvalue weighted by Crippen LogP contribution is 2.26. The van der Waals surface area contributed by atoms with E-state index in [0.29, 0.717) is 18.6 Å². The number of nitrogens with zero attached hydrogens (tertiary/aromatic N) is 1. The lowest BCUT2D eigenvalue weighted by atomic mass is 10.0. The molecule has 0 aromatic heterocycles. The molecule has 0 radical (unpaired) electrons. The lowest BCUT2D eigenvalue weighted by Crippen LogP contribution is -2.57. The van der Waals surface area contributed by atoms with E-state index in [4.69, 9.17) is 9.47 Å². The number of piperidine rings is 1. The minimum atomic E-state index is -4.16. The van der Waals surface area contributed by atoms with Gasteiger partial charge in [-0.1, -0.05) is 24.6 Å². The predicted octanol–water partition coefficient (Wildman–Crippen LogP) is 2.99. The Morgan fingerprint density at radius 2 is 1.88 bits per heavy atom. The van der Waals surface area contributed by atoms with Gasteiger partial charge in [0.15, 0.2) is 0 Å². The van der Waals surface area contributed by atoms with E-state index < -0.39 is 46.4 Å². The lowest BCUT2D eigenvalue weighted by molar-refractivity contribution is -0.132. The molecule has 2 unspecified atom stereocenters. The fraction of sp³-hybridized carbons (Fsp3) is 0.500. The van der Waals surface area contributed by atoms with E-state index in [0.717, 1.165) is 22.0 Å². The summed E-state index contributed by atoms with van der Waals surface area (Å²) in [5, 5.41) is 5.58. The number of amides is 2. The monoisotopic (exact) mass is 581 g/mol. The highest BCUT2D eigenvalue weighted by Gasteiger charge is 2.39. The Balaban J connectivity index is 1.80. The molecule has 0 saturated carbocycles. The van der Waals surface area contributed by atoms with E-state index in [1.165, 1.54) is 19.2 Å². The van der Waals surface area contributed by atoms with Crippen LogP contribution in [0, 0.1) is 5.82 Å². The molecule has 3 rings (SSSR count). The van der Waals surface area contributed by atoms with Gasteiger partial charge in [0.2, 0.25) is 21.8 Å². The van der Waals surface area contributed by atoms with Crippen molar-refractivity contribution in [2.24, 2.45) is 0 Å². The summed E-state index contributed by atoms with van der Waals surface area (Å²) in [6, 6.07) is 9.18. The van der Waals surface area contributed by atoms with Crippen molar-refractivity contribution in [3.63, 3.8) is 0 Å². The quantitative estimate of drug-likeness (QED) is 0.332. The smallest absolute Gasteiger partial charge is 0.243 e. The van der Waals surface area contributed by atoms with Gasteiger partial charge in [0.25, 0.3) is 0 Å². The van der Waals surface area contributed by atoms with Gasteiger partial charge in [0.1, 0.15) is 23.7 Å². The maximum absolute atomic E-state index is 13.8. The highest BCUT2D eigenvalue weighted by molar-refractivity contribution is 7.89. The number of alkyl halides is 1. The lowest BCUT2D eigenvalue weighted by Gasteiger charge is -2.34. The molecular formula is C28H37F2N3O6S. The fourth-order valence-electron chi connectivity index (χ4n) is 4.53. The summed E-state index contributed by atoms with van der Waals surface area (Å²) in [6.07, 6.45) is 1.85. The maximum atomic E-state index is 13.8. The number of sulfonamides is 1. The molecule has 12 heteroatoms. The number of nitrogens with one attached hydrogen (secondary N) is 2. The van der Waals surface area contributed by atoms with Crippen molar-refractivity contribution in [1.82, 2.24) is 14.9 Å². The molecule has 9 nitrogen and oxygen atoms in total. The van der Waals surface area contributed by atoms with Crippen LogP contribution in [0.1, 0.15) is 38.2 Å². The summed E-state index contributed by atoms with van der Waals surface area (Å²) < 4.78 is 64.5. The van der Waals surface area contributed by atoms with Crippen LogP contribution in [0.3, 0.4) is 0 Å². The Kier molecular flexibility index (Phi) is 11.8. The van der Waals surface area contributed by atoms with Gasteiger partial charge >= 0.3 is 0 Å². The second-order valence-electron chi connectivity index (χ2n) is 9.75. The molecule has 1 fully saturated rings. The molecule has 2 aromatic carbocycles. The zero-order chi connectivity index (χ0) is 29.1. The first kappa shape index (κ1) is 31.4. The van der Waals surface area contributed by atoms with Gasteiger partial charge in [-0.2, -0.15) is 4.31 Å². The fourth-order valence-corrected chi connectivity index (χ4v) is 6.22. The van der Waals surface area contributed by atoms with E-state index in [1.807, 2.05) is 0 Å². The molecular weight excluding hydrogens is 544 g/mol. The topological polar surface area (TPSA) is 114 Å². The number of rotatable bonds is 14. The molecule has 1 saturated heterocycles. The summed E-state index contributed by atoms with van der Waals surface area (Å²) in [4.78, 5) is 26.5. The summed E-state index contributed by atoms with van der Waals surface area (Å²) in [5.41, 5.74) is 0.727. The molecule has 1 aliphatic heterocycles. The van der Waals surface area contributed by atoms with Crippen molar-refractivity contribution in [2.75, 3.05) is 33.5 Å². The normalized spacial score (nSPS) is 17.6. The van der Waals surface area contributed by atoms with Crippen LogP contribution >= 0.6 is 0 Å². The molecule has 40 heavy (non-hydrogen) atoms. The Bertz CT molecular complexity index is 1230. The Morgan fingerprint density at radius 1 is 1.12 bits per heavy atom. The van der Waals surface area contributed by atoms with Gasteiger partial charge in [0.05, 0.1) is 24.8 Å². The standard InChI is InChI=1S/C28H37F2N3O6S/c1-20(19-38-2)31-27(34)25(17-21-10-12-23(13-11-21)39-16-6-14-29)32-28(35)26-9-3-4-15-33(26)40(36,37)24-8-5-7-22(30)18-24/h5,7-8,10-13,18,20,25-26H,3-4,6,9,14-17,19H2,1-2H3,(H,31,34)(H,32,35)/t20?,25-,26?/m0/s1. The van der Waals surface area contributed by atoms with Gasteiger partial charge in [-0.05, 0) is 55.7 Å². The van der Waals surface area contributed by atoms with E-state index in [2.05, 4.69) is 10.6 Å². The summed E-state index contributed by atoms with van der Waals surface area (Å²) in [6.45, 7) is 1.89. The van der Waals surface area contributed by atoms with Gasteiger partial charge < -0.3 is 20.1 Å². The van der Waals surface area contributed by atoms with E-state index in [-0.39, 0.29) is 50.0 Å². The third-order valence-electron chi connectivity index (χ3n) is 6.51. The first-order chi connectivity index (χ1) is 19.1. The van der Waals surface area contributed by atoms with Crippen LogP contribution in [-0.2, 0) is 30.8 Å². The van der Waals surface area contributed by atoms with Crippen LogP contribution < -0.4 is 15.4 Å². The molecule has 2 N–H and O–H groups in total. The summed E-state index contributed by atoms with van der Waals surface area (Å²) in [5.74, 6) is -1.20. The van der Waals surface area contributed by atoms with E-state index >= 15 is 0 Å². The molecule has 0 aliphatic carbocycles. The molecule has 2 aromatic rings. The zero-order valence-corrected chi connectivity index (χ0v) is 23.6. The Hall–Kier alpha value is -3.09. The van der Waals surface area contributed by atoms with Crippen LogP contribution in [0.5, 0.6) is 5.75 Å². The highest BCUT2D eigenvalue weighted by atomic mass is 32.2. The summed E-state index contributed by atoms with van der Waals surface area (Å²) >= 11 is 0. The third-order valence-corrected chi connectivity index (χ3v) is 8.41. The minimum Gasteiger partial charge on any atom is -0.494 e. The van der Waals surface area contributed by atoms with Crippen molar-refractivity contribution in [3.8, 4) is 5.75 Å². The zero-order valence-electron chi connectivity index (χ0n) is 22.8. The second kappa shape index (κ2) is 15.1. The van der Waals surface area contributed by atoms with Crippen LogP contribution in [-0.4, -0.2) is 76.2 Å². The predicted molar refractivity (Wildman–Crippen MR) is 146 cm³/mol. The van der Waals surface area contributed by atoms with Crippen LogP contribution in [0.25, 0.3) is 0 Å². The minimum absolute atomic E-state index is 0.0997. The van der Waals surface area contributed by atoms with E-state index in [1.54, 1.807) is 31.2 Å². The number of methoxy groups -OCH3 is 1. The van der Waals surface area contributed by atoms with Crippen molar-refractivity contribution >= 4 is 21.8 Å². The Morgan fingerprint density at radius 3 is 2.55 bits per heavy atom. The van der Waals surface area contributed by atoms with Crippen LogP contribution in [0.2, 0.25) is 0 Å². The first-order valence-corrected chi connectivity index (χ1v) is 14.7. The summed E-state index contributed by atoms with van der Waals surface area (Å²) in [7, 11) is -2.65. The van der Waals surface area contributed by atoms with Crippen molar-refractivity contribution in [3.05, 3.63) is 59.9 Å². The van der Waals surface area contributed by atoms with Gasteiger partial charge in [-0.15, -0.1) is 0 Å². The molecule has 0 spiro atoms. The van der Waals surface area contributed by atoms with Crippen molar-refractivity contribution < 1.29 is 36.3 Å². The van der Waals surface area contributed by atoms with Gasteiger partial charge in [0, 0.05) is 32.5 Å². The van der Waals surface area contributed by atoms with Crippen LogP contribution in [0.4, 0.5) is 8.78 Å². The van der Waals surface area contributed by atoms with Crippen LogP contribution in [0.15, 0.2) is 53.4 Å². The van der Waals surface area contributed by atoms with Crippen molar-refractivity contribution in [2.45, 2.75) is 62.0 Å². The first-order valence-electron chi connectivity index (χ1n) is 13.3. The average molecular weight is 582 g/mol. The number of benzene rings is 2. The average Bonchev–Trinajstić information content (AvgIpc) is 2.93. The Labute approximate surface area is 234 Å². The molecule has 220 valence electrons. The number of halogens is 2. The van der Waals surface area contributed by atoms with Gasteiger partial charge in [-0.25, -0.2) is 12.8 Å². The number of carbonyl (C=O) groups is 2. The number of ether oxygens (including phenoxy) is 2. The third kappa shape index (κ3) is 8.70. The molecule has 0 bridgehead atoms.